The first-order valence-corrected chi connectivity index (χ1v) is 12.9. The molecule has 1 aliphatic carbocycles. The van der Waals surface area contributed by atoms with Crippen molar-refractivity contribution < 1.29 is 14.3 Å². The number of benzene rings is 1. The minimum absolute atomic E-state index is 0.140. The second-order valence-electron chi connectivity index (χ2n) is 9.15. The number of hydrogen-bond acceptors (Lipinski definition) is 5. The molecular formula is C25H28Cl2N4O4. The van der Waals surface area contributed by atoms with Crippen molar-refractivity contribution in [2.24, 2.45) is 0 Å². The van der Waals surface area contributed by atoms with Crippen molar-refractivity contribution in [3.8, 4) is 5.69 Å². The Bertz CT molecular complexity index is 1250. The SMILES string of the molecule is CCc1[nH]n(-c2ccc(Cl)c(Cl)c2)c(=O)c1C1=C(N2CCOCC2)C(=O)N(C2CCCCC2)C1=O. The summed E-state index contributed by atoms with van der Waals surface area (Å²) in [6, 6.07) is 4.75. The minimum atomic E-state index is -0.396. The molecule has 1 aromatic carbocycles. The number of H-pyrrole nitrogens is 1. The number of hydrogen-bond donors (Lipinski definition) is 1. The molecule has 5 rings (SSSR count). The molecule has 0 atom stereocenters. The van der Waals surface area contributed by atoms with Gasteiger partial charge in [-0.05, 0) is 37.5 Å². The van der Waals surface area contributed by atoms with E-state index < -0.39 is 5.56 Å². The van der Waals surface area contributed by atoms with Gasteiger partial charge in [-0.25, -0.2) is 4.68 Å². The maximum Gasteiger partial charge on any atom is 0.279 e. The Morgan fingerprint density at radius 2 is 1.71 bits per heavy atom. The second kappa shape index (κ2) is 9.84. The van der Waals surface area contributed by atoms with E-state index in [9.17, 15) is 14.4 Å². The highest BCUT2D eigenvalue weighted by atomic mass is 35.5. The lowest BCUT2D eigenvalue weighted by molar-refractivity contribution is -0.141. The molecule has 2 fully saturated rings. The van der Waals surface area contributed by atoms with Crippen molar-refractivity contribution in [2.75, 3.05) is 26.3 Å². The van der Waals surface area contributed by atoms with Crippen LogP contribution in [-0.2, 0) is 20.7 Å². The van der Waals surface area contributed by atoms with Crippen molar-refractivity contribution >= 4 is 40.6 Å². The van der Waals surface area contributed by atoms with E-state index in [0.717, 1.165) is 32.1 Å². The van der Waals surface area contributed by atoms with Gasteiger partial charge >= 0.3 is 0 Å². The van der Waals surface area contributed by atoms with Crippen LogP contribution in [0.1, 0.15) is 50.3 Å². The van der Waals surface area contributed by atoms with Gasteiger partial charge in [0.2, 0.25) is 0 Å². The highest BCUT2D eigenvalue weighted by molar-refractivity contribution is 6.42. The van der Waals surface area contributed by atoms with E-state index in [1.54, 1.807) is 18.2 Å². The first-order valence-electron chi connectivity index (χ1n) is 12.2. The van der Waals surface area contributed by atoms with Gasteiger partial charge < -0.3 is 9.64 Å². The number of nitrogens with one attached hydrogen (secondary N) is 1. The monoisotopic (exact) mass is 518 g/mol. The fourth-order valence-electron chi connectivity index (χ4n) is 5.31. The quantitative estimate of drug-likeness (QED) is 0.608. The maximum absolute atomic E-state index is 13.9. The first kappa shape index (κ1) is 24.2. The molecule has 3 aliphatic rings. The van der Waals surface area contributed by atoms with E-state index in [-0.39, 0.29) is 29.0 Å². The largest absolute Gasteiger partial charge is 0.378 e. The third kappa shape index (κ3) is 4.21. The summed E-state index contributed by atoms with van der Waals surface area (Å²) in [6.45, 7) is 3.81. The summed E-state index contributed by atoms with van der Waals surface area (Å²) in [5.74, 6) is -0.682. The number of ether oxygens (including phenoxy) is 1. The number of aromatic amines is 1. The minimum Gasteiger partial charge on any atom is -0.378 e. The predicted octanol–water partition coefficient (Wildman–Crippen LogP) is 3.78. The summed E-state index contributed by atoms with van der Waals surface area (Å²) >= 11 is 12.3. The van der Waals surface area contributed by atoms with E-state index in [2.05, 4.69) is 5.10 Å². The van der Waals surface area contributed by atoms with E-state index in [0.29, 0.717) is 59.8 Å². The van der Waals surface area contributed by atoms with Gasteiger partial charge in [-0.3, -0.25) is 24.4 Å². The van der Waals surface area contributed by atoms with Crippen LogP contribution < -0.4 is 5.56 Å². The van der Waals surface area contributed by atoms with Gasteiger partial charge in [0.25, 0.3) is 17.4 Å². The third-order valence-corrected chi connectivity index (χ3v) is 7.83. The fourth-order valence-corrected chi connectivity index (χ4v) is 5.61. The molecule has 1 N–H and O–H groups in total. The lowest BCUT2D eigenvalue weighted by Crippen LogP contribution is -2.45. The molecule has 1 saturated heterocycles. The van der Waals surface area contributed by atoms with Crippen LogP contribution in [0.3, 0.4) is 0 Å². The van der Waals surface area contributed by atoms with Gasteiger partial charge in [0.05, 0.1) is 40.1 Å². The highest BCUT2D eigenvalue weighted by Gasteiger charge is 2.46. The molecule has 35 heavy (non-hydrogen) atoms. The summed E-state index contributed by atoms with van der Waals surface area (Å²) in [6.07, 6.45) is 5.14. The van der Waals surface area contributed by atoms with Crippen molar-refractivity contribution in [1.82, 2.24) is 19.6 Å². The Balaban J connectivity index is 1.67. The first-order chi connectivity index (χ1) is 16.9. The van der Waals surface area contributed by atoms with Crippen molar-refractivity contribution in [3.63, 3.8) is 0 Å². The third-order valence-electron chi connectivity index (χ3n) is 7.09. The Hall–Kier alpha value is -2.55. The van der Waals surface area contributed by atoms with Crippen LogP contribution >= 0.6 is 23.2 Å². The molecule has 0 bridgehead atoms. The molecular weight excluding hydrogens is 491 g/mol. The molecule has 2 aliphatic heterocycles. The van der Waals surface area contributed by atoms with Crippen LogP contribution in [0, 0.1) is 0 Å². The molecule has 2 aromatic rings. The number of morpholine rings is 1. The molecule has 1 saturated carbocycles. The lowest BCUT2D eigenvalue weighted by atomic mass is 9.94. The number of aryl methyl sites for hydroxylation is 1. The lowest BCUT2D eigenvalue weighted by Gasteiger charge is -2.32. The van der Waals surface area contributed by atoms with E-state index in [1.165, 1.54) is 9.58 Å². The van der Waals surface area contributed by atoms with Crippen LogP contribution in [0.4, 0.5) is 0 Å². The number of amides is 2. The number of rotatable bonds is 5. The van der Waals surface area contributed by atoms with Crippen molar-refractivity contribution in [3.05, 3.63) is 55.6 Å². The zero-order chi connectivity index (χ0) is 24.7. The molecule has 0 radical (unpaired) electrons. The van der Waals surface area contributed by atoms with Gasteiger partial charge in [0.1, 0.15) is 5.70 Å². The second-order valence-corrected chi connectivity index (χ2v) is 9.97. The smallest absolute Gasteiger partial charge is 0.279 e. The summed E-state index contributed by atoms with van der Waals surface area (Å²) in [5, 5.41) is 3.83. The van der Waals surface area contributed by atoms with Gasteiger partial charge in [0, 0.05) is 24.8 Å². The molecule has 0 unspecified atom stereocenters. The zero-order valence-corrected chi connectivity index (χ0v) is 21.1. The highest BCUT2D eigenvalue weighted by Crippen LogP contribution is 2.36. The topological polar surface area (TPSA) is 87.6 Å². The van der Waals surface area contributed by atoms with Crippen molar-refractivity contribution in [2.45, 2.75) is 51.5 Å². The van der Waals surface area contributed by atoms with Crippen LogP contribution in [0.5, 0.6) is 0 Å². The average Bonchev–Trinajstić information content (AvgIpc) is 3.33. The molecule has 2 amide bonds. The van der Waals surface area contributed by atoms with Gasteiger partial charge in [-0.2, -0.15) is 0 Å². The van der Waals surface area contributed by atoms with Crippen LogP contribution in [0.2, 0.25) is 10.0 Å². The number of nitrogens with zero attached hydrogens (tertiary/aromatic N) is 3. The predicted molar refractivity (Wildman–Crippen MR) is 134 cm³/mol. The van der Waals surface area contributed by atoms with E-state index in [1.807, 2.05) is 11.8 Å². The van der Waals surface area contributed by atoms with Gasteiger partial charge in [0.15, 0.2) is 0 Å². The maximum atomic E-state index is 13.9. The fraction of sp³-hybridized carbons (Fsp3) is 0.480. The molecule has 0 spiro atoms. The molecule has 10 heteroatoms. The standard InChI is InChI=1S/C25H28Cl2N4O4/c1-2-19-20(24(33)31(28-19)16-8-9-17(26)18(27)14-16)21-22(29-10-12-35-13-11-29)25(34)30(23(21)32)15-6-4-3-5-7-15/h8-9,14-15,28H,2-7,10-13H2,1H3. The molecule has 1 aromatic heterocycles. The molecule has 8 nitrogen and oxygen atoms in total. The number of imide groups is 1. The Morgan fingerprint density at radius 1 is 1.00 bits per heavy atom. The summed E-state index contributed by atoms with van der Waals surface area (Å²) in [7, 11) is 0. The number of carbonyl (C=O) groups is 2. The Morgan fingerprint density at radius 3 is 2.37 bits per heavy atom. The van der Waals surface area contributed by atoms with E-state index in [4.69, 9.17) is 27.9 Å². The van der Waals surface area contributed by atoms with E-state index >= 15 is 0 Å². The number of halogens is 2. The summed E-state index contributed by atoms with van der Waals surface area (Å²) < 4.78 is 6.85. The van der Waals surface area contributed by atoms with Crippen molar-refractivity contribution in [1.29, 1.82) is 0 Å². The Labute approximate surface area is 213 Å². The normalized spacial score (nSPS) is 19.9. The van der Waals surface area contributed by atoms with Crippen LogP contribution in [0.15, 0.2) is 28.7 Å². The van der Waals surface area contributed by atoms with Crippen LogP contribution in [0.25, 0.3) is 11.3 Å². The van der Waals surface area contributed by atoms with Crippen LogP contribution in [-0.4, -0.2) is 63.7 Å². The average molecular weight is 519 g/mol. The Kier molecular flexibility index (Phi) is 6.79. The summed E-state index contributed by atoms with van der Waals surface area (Å²) in [5.41, 5.74) is 1.45. The molecule has 3 heterocycles. The number of aromatic nitrogens is 2. The zero-order valence-electron chi connectivity index (χ0n) is 19.6. The summed E-state index contributed by atoms with van der Waals surface area (Å²) in [4.78, 5) is 44.8. The molecule has 186 valence electrons. The van der Waals surface area contributed by atoms with Gasteiger partial charge in [-0.1, -0.05) is 49.4 Å². The van der Waals surface area contributed by atoms with Gasteiger partial charge in [-0.15, -0.1) is 0 Å². The number of carbonyl (C=O) groups excluding carboxylic acids is 2.